The Hall–Kier alpha value is -4.77. The highest BCUT2D eigenvalue weighted by Crippen LogP contribution is 2.35. The maximum absolute atomic E-state index is 13.8. The van der Waals surface area contributed by atoms with Gasteiger partial charge in [0.2, 0.25) is 0 Å². The number of aromatic carboxylic acids is 1. The number of amides is 3. The highest BCUT2D eigenvalue weighted by atomic mass is 35.5. The number of halogens is 1. The number of rotatable bonds is 8. The summed E-state index contributed by atoms with van der Waals surface area (Å²) in [4.78, 5) is 56.7. The molecule has 2 aromatic heterocycles. The van der Waals surface area contributed by atoms with Gasteiger partial charge in [0, 0.05) is 12.6 Å². The normalized spacial score (nSPS) is 16.3. The van der Waals surface area contributed by atoms with E-state index in [4.69, 9.17) is 11.6 Å². The molecule has 2 aliphatic carbocycles. The molecule has 1 atom stereocenters. The van der Waals surface area contributed by atoms with Crippen molar-refractivity contribution in [2.45, 2.75) is 57.9 Å². The standard InChI is InChI=1S/C33H33ClN6O5/c1-18-20-13-14-25(22(20)12-11-21(18)33(44)45)38-32(43)28-15-27(31(42)35-16-19-7-3-2-4-8-19)37-29-23(17-36-40(28)29)30(41)39-26-10-6-5-9-24(26)34/h5-6,9-12,15,17,19,25H,2-4,7-8,13-14,16H2,1H3,(H,35,42)(H,38,43)(H,39,41)(H,44,45)/t25-/m1/s1. The summed E-state index contributed by atoms with van der Waals surface area (Å²) in [6.07, 6.45) is 8.06. The Morgan fingerprint density at radius 2 is 1.76 bits per heavy atom. The van der Waals surface area contributed by atoms with Crippen molar-refractivity contribution in [2.75, 3.05) is 11.9 Å². The van der Waals surface area contributed by atoms with Gasteiger partial charge in [-0.25, -0.2) is 14.3 Å². The number of aromatic nitrogens is 3. The van der Waals surface area contributed by atoms with E-state index in [2.05, 4.69) is 26.0 Å². The third-order valence-corrected chi connectivity index (χ3v) is 9.14. The third kappa shape index (κ3) is 6.12. The molecular weight excluding hydrogens is 596 g/mol. The molecule has 4 aromatic rings. The monoisotopic (exact) mass is 628 g/mol. The molecule has 0 bridgehead atoms. The highest BCUT2D eigenvalue weighted by Gasteiger charge is 2.30. The van der Waals surface area contributed by atoms with Gasteiger partial charge in [0.05, 0.1) is 28.5 Å². The molecule has 6 rings (SSSR count). The number of hydrogen-bond acceptors (Lipinski definition) is 6. The Balaban J connectivity index is 1.32. The molecular formula is C33H33ClN6O5. The van der Waals surface area contributed by atoms with Gasteiger partial charge in [-0.05, 0) is 73.4 Å². The van der Waals surface area contributed by atoms with Gasteiger partial charge < -0.3 is 21.1 Å². The Kier molecular flexibility index (Phi) is 8.53. The maximum Gasteiger partial charge on any atom is 0.335 e. The molecule has 232 valence electrons. The number of hydrogen-bond donors (Lipinski definition) is 4. The average Bonchev–Trinajstić information content (AvgIpc) is 3.66. The molecule has 3 amide bonds. The van der Waals surface area contributed by atoms with Gasteiger partial charge in [-0.15, -0.1) is 0 Å². The molecule has 2 aromatic carbocycles. The van der Waals surface area contributed by atoms with Gasteiger partial charge in [-0.1, -0.05) is 49.1 Å². The summed E-state index contributed by atoms with van der Waals surface area (Å²) in [5.74, 6) is -2.12. The minimum atomic E-state index is -0.996. The summed E-state index contributed by atoms with van der Waals surface area (Å²) in [5.41, 5.74) is 3.20. The molecule has 45 heavy (non-hydrogen) atoms. The fraction of sp³-hybridized carbons (Fsp3) is 0.333. The van der Waals surface area contributed by atoms with Crippen molar-refractivity contribution in [1.29, 1.82) is 0 Å². The number of nitrogens with one attached hydrogen (secondary N) is 3. The Bertz CT molecular complexity index is 1830. The number of para-hydroxylation sites is 1. The molecule has 0 aliphatic heterocycles. The second-order valence-corrected chi connectivity index (χ2v) is 12.1. The first-order chi connectivity index (χ1) is 21.7. The summed E-state index contributed by atoms with van der Waals surface area (Å²) in [5, 5.41) is 22.9. The lowest BCUT2D eigenvalue weighted by Crippen LogP contribution is -2.33. The van der Waals surface area contributed by atoms with Crippen molar-refractivity contribution >= 4 is 46.6 Å². The molecule has 0 spiro atoms. The van der Waals surface area contributed by atoms with Gasteiger partial charge in [-0.3, -0.25) is 14.4 Å². The number of benzene rings is 2. The third-order valence-electron chi connectivity index (χ3n) is 8.81. The predicted molar refractivity (Wildman–Crippen MR) is 168 cm³/mol. The van der Waals surface area contributed by atoms with Crippen LogP contribution in [0.3, 0.4) is 0 Å². The lowest BCUT2D eigenvalue weighted by Gasteiger charge is -2.21. The smallest absolute Gasteiger partial charge is 0.335 e. The highest BCUT2D eigenvalue weighted by molar-refractivity contribution is 6.34. The number of nitrogens with zero attached hydrogens (tertiary/aromatic N) is 3. The van der Waals surface area contributed by atoms with E-state index in [-0.39, 0.29) is 34.2 Å². The average molecular weight is 629 g/mol. The molecule has 1 saturated carbocycles. The van der Waals surface area contributed by atoms with E-state index < -0.39 is 23.7 Å². The molecule has 2 heterocycles. The minimum absolute atomic E-state index is 0.00970. The summed E-state index contributed by atoms with van der Waals surface area (Å²) in [7, 11) is 0. The van der Waals surface area contributed by atoms with Crippen molar-refractivity contribution < 1.29 is 24.3 Å². The minimum Gasteiger partial charge on any atom is -0.478 e. The molecule has 1 fully saturated rings. The number of fused-ring (bicyclic) bond motifs is 2. The summed E-state index contributed by atoms with van der Waals surface area (Å²) in [6.45, 7) is 2.28. The largest absolute Gasteiger partial charge is 0.478 e. The van der Waals surface area contributed by atoms with Gasteiger partial charge in [0.1, 0.15) is 17.0 Å². The van der Waals surface area contributed by atoms with E-state index in [0.717, 1.165) is 36.8 Å². The van der Waals surface area contributed by atoms with Gasteiger partial charge in [0.25, 0.3) is 17.7 Å². The van der Waals surface area contributed by atoms with E-state index in [0.29, 0.717) is 41.6 Å². The van der Waals surface area contributed by atoms with E-state index in [1.807, 2.05) is 0 Å². The van der Waals surface area contributed by atoms with Crippen LogP contribution < -0.4 is 16.0 Å². The second-order valence-electron chi connectivity index (χ2n) is 11.6. The van der Waals surface area contributed by atoms with Crippen LogP contribution in [0.5, 0.6) is 0 Å². The number of carboxylic acids is 1. The number of carbonyl (C=O) groups excluding carboxylic acids is 3. The molecule has 0 radical (unpaired) electrons. The van der Waals surface area contributed by atoms with Crippen molar-refractivity contribution in [3.8, 4) is 0 Å². The lowest BCUT2D eigenvalue weighted by atomic mass is 9.89. The molecule has 4 N–H and O–H groups in total. The van der Waals surface area contributed by atoms with E-state index in [1.165, 1.54) is 23.2 Å². The molecule has 2 aliphatic rings. The number of carbonyl (C=O) groups is 4. The fourth-order valence-electron chi connectivity index (χ4n) is 6.37. The van der Waals surface area contributed by atoms with Crippen molar-refractivity contribution in [3.05, 3.63) is 92.9 Å². The van der Waals surface area contributed by atoms with Crippen LogP contribution in [0.2, 0.25) is 5.02 Å². The van der Waals surface area contributed by atoms with Gasteiger partial charge in [0.15, 0.2) is 5.65 Å². The van der Waals surface area contributed by atoms with Crippen LogP contribution in [-0.4, -0.2) is 49.9 Å². The second kappa shape index (κ2) is 12.7. The lowest BCUT2D eigenvalue weighted by molar-refractivity contribution is 0.0695. The van der Waals surface area contributed by atoms with Gasteiger partial charge >= 0.3 is 5.97 Å². The SMILES string of the molecule is Cc1c(C(=O)O)ccc2c1CC[C@H]2NC(=O)c1cc(C(=O)NCC2CCCCC2)nc2c(C(=O)Nc3ccccc3Cl)cnn12. The van der Waals surface area contributed by atoms with Crippen LogP contribution >= 0.6 is 11.6 Å². The van der Waals surface area contributed by atoms with Crippen molar-refractivity contribution in [3.63, 3.8) is 0 Å². The maximum atomic E-state index is 13.8. The topological polar surface area (TPSA) is 155 Å². The number of carboxylic acid groups (broad SMARTS) is 1. The summed E-state index contributed by atoms with van der Waals surface area (Å²) < 4.78 is 1.25. The fourth-order valence-corrected chi connectivity index (χ4v) is 6.55. The van der Waals surface area contributed by atoms with Crippen LogP contribution in [0.15, 0.2) is 48.7 Å². The number of anilines is 1. The Morgan fingerprint density at radius 1 is 0.978 bits per heavy atom. The summed E-state index contributed by atoms with van der Waals surface area (Å²) in [6, 6.07) is 11.1. The predicted octanol–water partition coefficient (Wildman–Crippen LogP) is 5.37. The van der Waals surface area contributed by atoms with Gasteiger partial charge in [-0.2, -0.15) is 5.10 Å². The zero-order valence-electron chi connectivity index (χ0n) is 24.7. The zero-order valence-corrected chi connectivity index (χ0v) is 25.5. The molecule has 12 heteroatoms. The Labute approximate surface area is 264 Å². The van der Waals surface area contributed by atoms with E-state index in [9.17, 15) is 24.3 Å². The zero-order chi connectivity index (χ0) is 31.7. The van der Waals surface area contributed by atoms with Crippen LogP contribution in [0.4, 0.5) is 5.69 Å². The van der Waals surface area contributed by atoms with Crippen LogP contribution in [-0.2, 0) is 6.42 Å². The molecule has 0 saturated heterocycles. The molecule has 11 nitrogen and oxygen atoms in total. The summed E-state index contributed by atoms with van der Waals surface area (Å²) >= 11 is 6.24. The molecule has 0 unspecified atom stereocenters. The van der Waals surface area contributed by atoms with Crippen molar-refractivity contribution in [2.24, 2.45) is 5.92 Å². The van der Waals surface area contributed by atoms with E-state index >= 15 is 0 Å². The van der Waals surface area contributed by atoms with E-state index in [1.54, 1.807) is 43.3 Å². The van der Waals surface area contributed by atoms with Crippen LogP contribution in [0.25, 0.3) is 5.65 Å². The first-order valence-electron chi connectivity index (χ1n) is 15.1. The van der Waals surface area contributed by atoms with Crippen LogP contribution in [0, 0.1) is 12.8 Å². The quantitative estimate of drug-likeness (QED) is 0.204. The van der Waals surface area contributed by atoms with Crippen LogP contribution in [0.1, 0.15) is 103 Å². The first-order valence-corrected chi connectivity index (χ1v) is 15.5. The first kappa shape index (κ1) is 30.3. The Morgan fingerprint density at radius 3 is 2.51 bits per heavy atom. The van der Waals surface area contributed by atoms with Crippen molar-refractivity contribution in [1.82, 2.24) is 25.2 Å².